The summed E-state index contributed by atoms with van der Waals surface area (Å²) in [6, 6.07) is 15.4. The Morgan fingerprint density at radius 3 is 2.52 bits per heavy atom. The molecular formula is C24H27N5O2. The van der Waals surface area contributed by atoms with Gasteiger partial charge in [0.05, 0.1) is 10.9 Å². The summed E-state index contributed by atoms with van der Waals surface area (Å²) in [5, 5.41) is 3.58. The minimum Gasteiger partial charge on any atom is -0.368 e. The van der Waals surface area contributed by atoms with Crippen LogP contribution in [0.25, 0.3) is 10.9 Å². The second-order valence-corrected chi connectivity index (χ2v) is 8.10. The highest BCUT2D eigenvalue weighted by Crippen LogP contribution is 2.44. The number of likely N-dealkylation sites (N-methyl/N-ethyl adjacent to an activating group) is 1. The number of hydrogen-bond donors (Lipinski definition) is 2. The van der Waals surface area contributed by atoms with E-state index in [1.54, 1.807) is 11.9 Å². The zero-order chi connectivity index (χ0) is 22.0. The van der Waals surface area contributed by atoms with E-state index in [-0.39, 0.29) is 23.5 Å². The van der Waals surface area contributed by atoms with Gasteiger partial charge in [-0.2, -0.15) is 0 Å². The first-order valence-electron chi connectivity index (χ1n) is 10.6. The zero-order valence-electron chi connectivity index (χ0n) is 17.9. The quantitative estimate of drug-likeness (QED) is 0.642. The molecule has 3 N–H and O–H groups in total. The number of aromatic nitrogens is 2. The van der Waals surface area contributed by atoms with Crippen molar-refractivity contribution in [3.63, 3.8) is 0 Å². The van der Waals surface area contributed by atoms with Gasteiger partial charge in [0.15, 0.2) is 0 Å². The minimum atomic E-state index is -0.554. The van der Waals surface area contributed by atoms with Gasteiger partial charge in [-0.05, 0) is 43.0 Å². The number of carbonyl (C=O) groups is 2. The van der Waals surface area contributed by atoms with Crippen molar-refractivity contribution < 1.29 is 9.59 Å². The maximum atomic E-state index is 13.3. The number of hydrogen-bond acceptors (Lipinski definition) is 5. The standard InChI is InChI=1S/C24H27N5O2/c1-3-26-22(31)24(12-7-13-24)17-10-11-19-18(14-17)20(28-23(25)27-19)21(30)29(2)15-16-8-5-4-6-9-16/h4-6,8-11,14H,3,7,12-13,15H2,1-2H3,(H,26,31)(H2,25,27,28). The molecule has 0 saturated heterocycles. The van der Waals surface area contributed by atoms with Crippen LogP contribution in [-0.4, -0.2) is 40.3 Å². The number of nitrogens with zero attached hydrogens (tertiary/aromatic N) is 3. The molecular weight excluding hydrogens is 390 g/mol. The first-order valence-corrected chi connectivity index (χ1v) is 10.6. The van der Waals surface area contributed by atoms with Crippen LogP contribution in [0.4, 0.5) is 5.95 Å². The highest BCUT2D eigenvalue weighted by atomic mass is 16.2. The molecule has 0 bridgehead atoms. The summed E-state index contributed by atoms with van der Waals surface area (Å²) < 4.78 is 0. The van der Waals surface area contributed by atoms with E-state index in [4.69, 9.17) is 5.73 Å². The van der Waals surface area contributed by atoms with E-state index in [0.717, 1.165) is 30.4 Å². The van der Waals surface area contributed by atoms with Crippen LogP contribution in [0.1, 0.15) is 47.8 Å². The first kappa shape index (κ1) is 20.8. The molecule has 1 aliphatic rings. The third kappa shape index (κ3) is 3.83. The van der Waals surface area contributed by atoms with Crippen LogP contribution in [0.15, 0.2) is 48.5 Å². The van der Waals surface area contributed by atoms with Crippen LogP contribution >= 0.6 is 0 Å². The van der Waals surface area contributed by atoms with E-state index >= 15 is 0 Å². The molecule has 7 heteroatoms. The largest absolute Gasteiger partial charge is 0.368 e. The summed E-state index contributed by atoms with van der Waals surface area (Å²) in [6.45, 7) is 2.95. The number of benzene rings is 2. The predicted molar refractivity (Wildman–Crippen MR) is 120 cm³/mol. The Balaban J connectivity index is 1.74. The van der Waals surface area contributed by atoms with Gasteiger partial charge >= 0.3 is 0 Å². The predicted octanol–water partition coefficient (Wildman–Crippen LogP) is 3.04. The Labute approximate surface area is 181 Å². The Bertz CT molecular complexity index is 1130. The number of rotatable bonds is 6. The van der Waals surface area contributed by atoms with Crippen molar-refractivity contribution in [2.45, 2.75) is 38.1 Å². The molecule has 0 radical (unpaired) electrons. The number of anilines is 1. The Hall–Kier alpha value is -3.48. The molecule has 1 fully saturated rings. The normalized spacial score (nSPS) is 14.6. The van der Waals surface area contributed by atoms with Crippen LogP contribution < -0.4 is 11.1 Å². The molecule has 0 unspecified atom stereocenters. The second kappa shape index (κ2) is 8.34. The van der Waals surface area contributed by atoms with E-state index in [1.165, 1.54) is 0 Å². The van der Waals surface area contributed by atoms with Gasteiger partial charge in [-0.25, -0.2) is 9.97 Å². The molecule has 0 aliphatic heterocycles. The van der Waals surface area contributed by atoms with Gasteiger partial charge in [0.1, 0.15) is 5.69 Å². The lowest BCUT2D eigenvalue weighted by Gasteiger charge is -2.40. The third-order valence-electron chi connectivity index (χ3n) is 6.06. The van der Waals surface area contributed by atoms with Crippen LogP contribution in [0, 0.1) is 0 Å². The summed E-state index contributed by atoms with van der Waals surface area (Å²) in [4.78, 5) is 36.3. The van der Waals surface area contributed by atoms with E-state index in [2.05, 4.69) is 15.3 Å². The van der Waals surface area contributed by atoms with Gasteiger partial charge in [0.25, 0.3) is 5.91 Å². The summed E-state index contributed by atoms with van der Waals surface area (Å²) >= 11 is 0. The van der Waals surface area contributed by atoms with Crippen LogP contribution in [0.3, 0.4) is 0 Å². The van der Waals surface area contributed by atoms with Gasteiger partial charge in [0, 0.05) is 25.5 Å². The third-order valence-corrected chi connectivity index (χ3v) is 6.06. The molecule has 0 spiro atoms. The molecule has 1 aliphatic carbocycles. The topological polar surface area (TPSA) is 101 Å². The number of fused-ring (bicyclic) bond motifs is 1. The van der Waals surface area contributed by atoms with E-state index < -0.39 is 5.41 Å². The average Bonchev–Trinajstić information content (AvgIpc) is 2.73. The van der Waals surface area contributed by atoms with Crippen LogP contribution in [-0.2, 0) is 16.8 Å². The second-order valence-electron chi connectivity index (χ2n) is 8.10. The van der Waals surface area contributed by atoms with Crippen LogP contribution in [0.2, 0.25) is 0 Å². The number of nitrogens with two attached hydrogens (primary N) is 1. The lowest BCUT2D eigenvalue weighted by molar-refractivity contribution is -0.129. The van der Waals surface area contributed by atoms with E-state index in [9.17, 15) is 9.59 Å². The Morgan fingerprint density at radius 2 is 1.87 bits per heavy atom. The average molecular weight is 418 g/mol. The molecule has 0 atom stereocenters. The smallest absolute Gasteiger partial charge is 0.273 e. The lowest BCUT2D eigenvalue weighted by Crippen LogP contribution is -2.49. The summed E-state index contributed by atoms with van der Waals surface area (Å²) in [5.74, 6) is -0.148. The molecule has 7 nitrogen and oxygen atoms in total. The van der Waals surface area contributed by atoms with Crippen molar-refractivity contribution in [1.82, 2.24) is 20.2 Å². The van der Waals surface area contributed by atoms with Gasteiger partial charge < -0.3 is 16.0 Å². The van der Waals surface area contributed by atoms with Gasteiger partial charge in [-0.3, -0.25) is 9.59 Å². The molecule has 2 aromatic carbocycles. The number of nitrogen functional groups attached to an aromatic ring is 1. The molecule has 4 rings (SSSR count). The van der Waals surface area contributed by atoms with Crippen molar-refractivity contribution in [3.8, 4) is 0 Å². The SMILES string of the molecule is CCNC(=O)C1(c2ccc3nc(N)nc(C(=O)N(C)Cc4ccccc4)c3c2)CCC1. The Morgan fingerprint density at radius 1 is 1.13 bits per heavy atom. The molecule has 2 amide bonds. The van der Waals surface area contributed by atoms with Crippen molar-refractivity contribution in [3.05, 3.63) is 65.4 Å². The van der Waals surface area contributed by atoms with E-state index in [1.807, 2.05) is 55.5 Å². The molecule has 1 saturated carbocycles. The first-order chi connectivity index (χ1) is 14.9. The minimum absolute atomic E-state index is 0.0334. The van der Waals surface area contributed by atoms with E-state index in [0.29, 0.717) is 24.0 Å². The summed E-state index contributed by atoms with van der Waals surface area (Å²) in [5.41, 5.74) is 8.12. The highest BCUT2D eigenvalue weighted by Gasteiger charge is 2.45. The van der Waals surface area contributed by atoms with Crippen molar-refractivity contribution in [1.29, 1.82) is 0 Å². The molecule has 160 valence electrons. The molecule has 1 aromatic heterocycles. The van der Waals surface area contributed by atoms with Gasteiger partial charge in [-0.15, -0.1) is 0 Å². The fourth-order valence-corrected chi connectivity index (χ4v) is 4.22. The molecule has 1 heterocycles. The van der Waals surface area contributed by atoms with Gasteiger partial charge in [0.2, 0.25) is 11.9 Å². The maximum absolute atomic E-state index is 13.3. The highest BCUT2D eigenvalue weighted by molar-refractivity contribution is 6.05. The van der Waals surface area contributed by atoms with Crippen molar-refractivity contribution >= 4 is 28.7 Å². The fraction of sp³-hybridized carbons (Fsp3) is 0.333. The lowest BCUT2D eigenvalue weighted by atomic mass is 9.63. The van der Waals surface area contributed by atoms with Crippen molar-refractivity contribution in [2.75, 3.05) is 19.3 Å². The molecule has 31 heavy (non-hydrogen) atoms. The summed E-state index contributed by atoms with van der Waals surface area (Å²) in [7, 11) is 1.74. The number of nitrogens with one attached hydrogen (secondary N) is 1. The monoisotopic (exact) mass is 417 g/mol. The van der Waals surface area contributed by atoms with Crippen LogP contribution in [0.5, 0.6) is 0 Å². The summed E-state index contributed by atoms with van der Waals surface area (Å²) in [6.07, 6.45) is 2.58. The maximum Gasteiger partial charge on any atom is 0.273 e. The molecule has 3 aromatic rings. The fourth-order valence-electron chi connectivity index (χ4n) is 4.22. The van der Waals surface area contributed by atoms with Crippen molar-refractivity contribution in [2.24, 2.45) is 0 Å². The van der Waals surface area contributed by atoms with Gasteiger partial charge in [-0.1, -0.05) is 42.8 Å². The number of carbonyl (C=O) groups excluding carboxylic acids is 2. The Kier molecular flexibility index (Phi) is 5.59. The number of amides is 2. The zero-order valence-corrected chi connectivity index (χ0v) is 17.9.